The number of nitrogens with one attached hydrogen (secondary N) is 1. The number of ketones is 1. The Bertz CT molecular complexity index is 1030. The van der Waals surface area contributed by atoms with Crippen molar-refractivity contribution in [1.29, 1.82) is 0 Å². The summed E-state index contributed by atoms with van der Waals surface area (Å²) in [6.07, 6.45) is 7.49. The van der Waals surface area contributed by atoms with E-state index in [0.717, 1.165) is 35.5 Å². The number of halogens is 1. The lowest BCUT2D eigenvalue weighted by Crippen LogP contribution is -2.51. The second-order valence-electron chi connectivity index (χ2n) is 12.4. The first-order valence-corrected chi connectivity index (χ1v) is 16.8. The van der Waals surface area contributed by atoms with Crippen LogP contribution in [-0.2, 0) is 21.2 Å². The monoisotopic (exact) mass is 575 g/mol. The van der Waals surface area contributed by atoms with E-state index in [4.69, 9.17) is 13.9 Å². The van der Waals surface area contributed by atoms with Crippen LogP contribution in [0.3, 0.4) is 0 Å². The Morgan fingerprint density at radius 1 is 1.14 bits per heavy atom. The molecule has 0 aromatic heterocycles. The zero-order valence-corrected chi connectivity index (χ0v) is 25.2. The highest BCUT2D eigenvalue weighted by Gasteiger charge is 2.54. The van der Waals surface area contributed by atoms with Crippen LogP contribution in [-0.4, -0.2) is 39.5 Å². The van der Waals surface area contributed by atoms with Gasteiger partial charge in [-0.15, -0.1) is 0 Å². The minimum Gasteiger partial charge on any atom is -0.492 e. The Hall–Kier alpha value is -1.15. The molecule has 1 N–H and O–H groups in total. The maximum Gasteiger partial charge on any atom is 0.200 e. The van der Waals surface area contributed by atoms with E-state index < -0.39 is 8.32 Å². The van der Waals surface area contributed by atoms with Gasteiger partial charge >= 0.3 is 0 Å². The van der Waals surface area contributed by atoms with E-state index in [0.29, 0.717) is 35.6 Å². The SMILES string of the molecule is CC(C)[Si](OC[C@@H]1CC23C=CC(=O)CC2Oc2c(Br)c(OCC4CC4)cc(c23)CN1)(C(C)C)C(C)C. The minimum atomic E-state index is -1.99. The van der Waals surface area contributed by atoms with Gasteiger partial charge in [-0.25, -0.2) is 0 Å². The first kappa shape index (κ1) is 26.5. The lowest BCUT2D eigenvalue weighted by molar-refractivity contribution is -0.117. The molecule has 2 aliphatic heterocycles. The lowest BCUT2D eigenvalue weighted by Gasteiger charge is -2.43. The summed E-state index contributed by atoms with van der Waals surface area (Å²) in [6, 6.07) is 2.36. The predicted octanol–water partition coefficient (Wildman–Crippen LogP) is 6.82. The summed E-state index contributed by atoms with van der Waals surface area (Å²) >= 11 is 3.81. The van der Waals surface area contributed by atoms with Crippen LogP contribution in [0.5, 0.6) is 11.5 Å². The van der Waals surface area contributed by atoms with Gasteiger partial charge in [-0.05, 0) is 75.4 Å². The third-order valence-electron chi connectivity index (χ3n) is 9.10. The summed E-state index contributed by atoms with van der Waals surface area (Å²) in [5.74, 6) is 2.52. The second-order valence-corrected chi connectivity index (χ2v) is 18.6. The molecule has 36 heavy (non-hydrogen) atoms. The van der Waals surface area contributed by atoms with Gasteiger partial charge in [-0.1, -0.05) is 47.6 Å². The molecule has 0 bridgehead atoms. The first-order valence-electron chi connectivity index (χ1n) is 13.8. The average Bonchev–Trinajstić information content (AvgIpc) is 3.60. The third-order valence-corrected chi connectivity index (χ3v) is 15.9. The molecule has 1 aromatic rings. The molecule has 198 valence electrons. The molecule has 2 aliphatic carbocycles. The number of ether oxygens (including phenoxy) is 2. The fraction of sp³-hybridized carbons (Fsp3) is 0.690. The van der Waals surface area contributed by atoms with Crippen LogP contribution in [0.25, 0.3) is 0 Å². The maximum atomic E-state index is 12.5. The summed E-state index contributed by atoms with van der Waals surface area (Å²) in [7, 11) is -1.99. The highest BCUT2D eigenvalue weighted by Crippen LogP contribution is 2.57. The van der Waals surface area contributed by atoms with E-state index in [9.17, 15) is 4.79 Å². The number of rotatable bonds is 9. The van der Waals surface area contributed by atoms with E-state index in [-0.39, 0.29) is 23.3 Å². The molecule has 1 fully saturated rings. The Balaban J connectivity index is 1.48. The van der Waals surface area contributed by atoms with Crippen LogP contribution < -0.4 is 14.8 Å². The molecule has 2 heterocycles. The highest BCUT2D eigenvalue weighted by molar-refractivity contribution is 9.10. The smallest absolute Gasteiger partial charge is 0.200 e. The molecule has 7 heteroatoms. The van der Waals surface area contributed by atoms with Crippen molar-refractivity contribution in [1.82, 2.24) is 5.32 Å². The Kier molecular flexibility index (Phi) is 7.25. The molecule has 3 atom stereocenters. The minimum absolute atomic E-state index is 0.136. The van der Waals surface area contributed by atoms with Crippen LogP contribution in [0.2, 0.25) is 16.6 Å². The van der Waals surface area contributed by atoms with Crippen molar-refractivity contribution in [3.8, 4) is 11.5 Å². The Labute approximate surface area is 226 Å². The van der Waals surface area contributed by atoms with Crippen molar-refractivity contribution < 1.29 is 18.7 Å². The van der Waals surface area contributed by atoms with Gasteiger partial charge in [0, 0.05) is 31.2 Å². The van der Waals surface area contributed by atoms with Crippen LogP contribution >= 0.6 is 15.9 Å². The molecule has 0 saturated heterocycles. The average molecular weight is 577 g/mol. The molecule has 5 nitrogen and oxygen atoms in total. The Morgan fingerprint density at radius 3 is 2.47 bits per heavy atom. The lowest BCUT2D eigenvalue weighted by atomic mass is 9.68. The molecule has 1 aromatic carbocycles. The Morgan fingerprint density at radius 2 is 1.83 bits per heavy atom. The molecular weight excluding hydrogens is 534 g/mol. The van der Waals surface area contributed by atoms with Crippen molar-refractivity contribution in [3.05, 3.63) is 33.8 Å². The first-order chi connectivity index (χ1) is 17.1. The fourth-order valence-corrected chi connectivity index (χ4v) is 13.2. The summed E-state index contributed by atoms with van der Waals surface area (Å²) in [5.41, 5.74) is 3.73. The summed E-state index contributed by atoms with van der Waals surface area (Å²) in [5, 5.41) is 3.83. The van der Waals surface area contributed by atoms with E-state index in [1.54, 1.807) is 6.08 Å². The summed E-state index contributed by atoms with van der Waals surface area (Å²) < 4.78 is 20.8. The molecule has 2 unspecified atom stereocenters. The van der Waals surface area contributed by atoms with Crippen LogP contribution in [0.15, 0.2) is 22.7 Å². The van der Waals surface area contributed by atoms with Gasteiger partial charge in [0.15, 0.2) is 14.1 Å². The molecule has 0 radical (unpaired) electrons. The molecule has 4 aliphatic rings. The quantitative estimate of drug-likeness (QED) is 0.327. The highest BCUT2D eigenvalue weighted by atomic mass is 79.9. The van der Waals surface area contributed by atoms with Crippen LogP contribution in [0.4, 0.5) is 0 Å². The van der Waals surface area contributed by atoms with E-state index in [2.05, 4.69) is 74.9 Å². The van der Waals surface area contributed by atoms with Crippen molar-refractivity contribution in [3.63, 3.8) is 0 Å². The molecule has 0 amide bonds. The zero-order chi connectivity index (χ0) is 25.8. The van der Waals surface area contributed by atoms with E-state index >= 15 is 0 Å². The number of hydrogen-bond acceptors (Lipinski definition) is 5. The summed E-state index contributed by atoms with van der Waals surface area (Å²) in [4.78, 5) is 12.5. The van der Waals surface area contributed by atoms with Gasteiger partial charge in [0.1, 0.15) is 22.1 Å². The largest absolute Gasteiger partial charge is 0.492 e. The van der Waals surface area contributed by atoms with Crippen molar-refractivity contribution >= 4 is 30.0 Å². The van der Waals surface area contributed by atoms with Gasteiger partial charge in [0.2, 0.25) is 0 Å². The zero-order valence-electron chi connectivity index (χ0n) is 22.7. The number of carbonyl (C=O) groups is 1. The van der Waals surface area contributed by atoms with Gasteiger partial charge in [0.05, 0.1) is 12.0 Å². The van der Waals surface area contributed by atoms with E-state index in [1.165, 1.54) is 24.0 Å². The number of allylic oxidation sites excluding steroid dienone is 1. The van der Waals surface area contributed by atoms with Crippen molar-refractivity contribution in [2.75, 3.05) is 13.2 Å². The number of benzene rings is 1. The van der Waals surface area contributed by atoms with Crippen molar-refractivity contribution in [2.24, 2.45) is 5.92 Å². The van der Waals surface area contributed by atoms with Crippen LogP contribution in [0.1, 0.15) is 78.4 Å². The van der Waals surface area contributed by atoms with Gasteiger partial charge in [-0.2, -0.15) is 0 Å². The number of carbonyl (C=O) groups excluding carboxylic acids is 1. The molecule has 1 spiro atoms. The van der Waals surface area contributed by atoms with Crippen molar-refractivity contribution in [2.45, 2.75) is 108 Å². The predicted molar refractivity (Wildman–Crippen MR) is 149 cm³/mol. The fourth-order valence-electron chi connectivity index (χ4n) is 7.23. The van der Waals surface area contributed by atoms with Gasteiger partial charge in [-0.3, -0.25) is 4.79 Å². The van der Waals surface area contributed by atoms with E-state index in [1.807, 2.05) is 0 Å². The second kappa shape index (κ2) is 9.86. The standard InChI is InChI=1S/C29H42BrNO4Si/c1-17(2)36(18(3)4,19(5)6)34-16-22-13-29-10-9-23(32)12-25(29)35-28-26(29)21(14-31-22)11-24(27(28)30)33-15-20-7-8-20/h9-11,17-20,22,25,31H,7-8,12-16H2,1-6H3/t22-,25?,29?/m0/s1. The summed E-state index contributed by atoms with van der Waals surface area (Å²) in [6.45, 7) is 16.2. The van der Waals surface area contributed by atoms with Gasteiger partial charge < -0.3 is 19.2 Å². The van der Waals surface area contributed by atoms with Crippen LogP contribution in [0, 0.1) is 5.92 Å². The molecule has 5 rings (SSSR count). The normalized spacial score (nSPS) is 27.3. The molecule has 1 saturated carbocycles. The maximum absolute atomic E-state index is 12.5. The molecular formula is C29H42BrNO4Si. The van der Waals surface area contributed by atoms with Gasteiger partial charge in [0.25, 0.3) is 0 Å². The third kappa shape index (κ3) is 4.42. The topological polar surface area (TPSA) is 56.8 Å². The number of hydrogen-bond donors (Lipinski definition) is 1.